The molecule has 2 aromatic carbocycles. The molecule has 10 heteroatoms. The van der Waals surface area contributed by atoms with E-state index in [4.69, 9.17) is 4.74 Å². The Hall–Kier alpha value is -3.24. The van der Waals surface area contributed by atoms with Gasteiger partial charge in [0.1, 0.15) is 6.61 Å². The fourth-order valence-corrected chi connectivity index (χ4v) is 5.38. The van der Waals surface area contributed by atoms with Crippen LogP contribution in [0.25, 0.3) is 0 Å². The monoisotopic (exact) mass is 487 g/mol. The molecule has 0 saturated carbocycles. The van der Waals surface area contributed by atoms with Gasteiger partial charge in [-0.15, -0.1) is 11.3 Å². The lowest BCUT2D eigenvalue weighted by atomic mass is 10.1. The van der Waals surface area contributed by atoms with E-state index in [0.29, 0.717) is 28.6 Å². The first-order chi connectivity index (χ1) is 15.6. The second kappa shape index (κ2) is 10.1. The zero-order chi connectivity index (χ0) is 24.2. The van der Waals surface area contributed by atoms with Crippen LogP contribution < -0.4 is 9.62 Å². The normalized spacial score (nSPS) is 11.2. The van der Waals surface area contributed by atoms with E-state index in [1.54, 1.807) is 36.6 Å². The number of aromatic nitrogens is 1. The van der Waals surface area contributed by atoms with Crippen LogP contribution in [-0.2, 0) is 26.2 Å². The van der Waals surface area contributed by atoms with Crippen molar-refractivity contribution >= 4 is 44.1 Å². The highest BCUT2D eigenvalue weighted by Crippen LogP contribution is 2.23. The molecule has 0 radical (unpaired) electrons. The molecule has 3 rings (SSSR count). The molecule has 8 nitrogen and oxygen atoms in total. The second-order valence-electron chi connectivity index (χ2n) is 7.42. The molecule has 0 saturated heterocycles. The largest absolute Gasteiger partial charge is 0.456 e. The van der Waals surface area contributed by atoms with E-state index in [9.17, 15) is 18.0 Å². The summed E-state index contributed by atoms with van der Waals surface area (Å²) in [5.41, 5.74) is 2.47. The molecule has 0 atom stereocenters. The molecule has 0 spiro atoms. The number of sulfonamides is 1. The van der Waals surface area contributed by atoms with E-state index in [1.807, 2.05) is 19.9 Å². The third-order valence-electron chi connectivity index (χ3n) is 4.80. The molecule has 0 aliphatic rings. The van der Waals surface area contributed by atoms with Gasteiger partial charge < -0.3 is 4.74 Å². The van der Waals surface area contributed by atoms with E-state index < -0.39 is 16.0 Å². The number of nitrogens with one attached hydrogen (secondary N) is 1. The molecule has 0 unspecified atom stereocenters. The van der Waals surface area contributed by atoms with Crippen LogP contribution >= 0.6 is 11.3 Å². The molecule has 174 valence electrons. The number of anilines is 2. The summed E-state index contributed by atoms with van der Waals surface area (Å²) in [5.74, 6) is -0.793. The van der Waals surface area contributed by atoms with E-state index in [-0.39, 0.29) is 23.0 Å². The molecular weight excluding hydrogens is 462 g/mol. The number of benzene rings is 2. The number of hydrogen-bond donors (Lipinski definition) is 1. The summed E-state index contributed by atoms with van der Waals surface area (Å²) in [5, 5.41) is 2.24. The number of rotatable bonds is 8. The standard InChI is InChI=1S/C23H25N3O5S2/c1-5-26(17(4)27)23-24-20(14-32-23)13-31-22(28)18-10-9-16(3)21(12-18)33(29,30)25-19-8-6-7-15(2)11-19/h6-12,14,25H,5,13H2,1-4H3. The van der Waals surface area contributed by atoms with Crippen molar-refractivity contribution in [3.8, 4) is 0 Å². The molecule has 33 heavy (non-hydrogen) atoms. The minimum atomic E-state index is -3.91. The van der Waals surface area contributed by atoms with Gasteiger partial charge in [-0.3, -0.25) is 14.4 Å². The molecule has 0 fully saturated rings. The molecule has 3 aromatic rings. The number of aryl methyl sites for hydroxylation is 2. The van der Waals surface area contributed by atoms with Gasteiger partial charge in [0.15, 0.2) is 5.13 Å². The summed E-state index contributed by atoms with van der Waals surface area (Å²) in [7, 11) is -3.91. The summed E-state index contributed by atoms with van der Waals surface area (Å²) in [6.07, 6.45) is 0. The van der Waals surface area contributed by atoms with E-state index in [1.165, 1.54) is 35.3 Å². The number of ether oxygens (including phenoxy) is 1. The highest BCUT2D eigenvalue weighted by molar-refractivity contribution is 7.92. The van der Waals surface area contributed by atoms with E-state index in [0.717, 1.165) is 5.56 Å². The van der Waals surface area contributed by atoms with Crippen LogP contribution in [0.4, 0.5) is 10.8 Å². The molecule has 1 heterocycles. The van der Waals surface area contributed by atoms with Gasteiger partial charge in [0.05, 0.1) is 16.2 Å². The maximum absolute atomic E-state index is 12.9. The predicted molar refractivity (Wildman–Crippen MR) is 128 cm³/mol. The Bertz CT molecular complexity index is 1280. The summed E-state index contributed by atoms with van der Waals surface area (Å²) in [6.45, 7) is 7.22. The number of esters is 1. The third-order valence-corrected chi connectivity index (χ3v) is 7.24. The first kappa shape index (κ1) is 24.4. The molecule has 0 aliphatic carbocycles. The Labute approximate surface area is 197 Å². The maximum Gasteiger partial charge on any atom is 0.338 e. The number of amides is 1. The van der Waals surface area contributed by atoms with Gasteiger partial charge in [0, 0.05) is 24.5 Å². The SMILES string of the molecule is CCN(C(C)=O)c1nc(COC(=O)c2ccc(C)c(S(=O)(=O)Nc3cccc(C)c3)c2)cs1. The predicted octanol–water partition coefficient (Wildman–Crippen LogP) is 4.29. The van der Waals surface area contributed by atoms with Crippen LogP contribution in [0.15, 0.2) is 52.7 Å². The van der Waals surface area contributed by atoms with E-state index >= 15 is 0 Å². The van der Waals surface area contributed by atoms with Crippen molar-refractivity contribution in [1.29, 1.82) is 0 Å². The molecule has 1 amide bonds. The van der Waals surface area contributed by atoms with Gasteiger partial charge in [-0.1, -0.05) is 18.2 Å². The van der Waals surface area contributed by atoms with Crippen LogP contribution in [0.3, 0.4) is 0 Å². The van der Waals surface area contributed by atoms with Crippen LogP contribution in [0.5, 0.6) is 0 Å². The second-order valence-corrected chi connectivity index (χ2v) is 9.90. The summed E-state index contributed by atoms with van der Waals surface area (Å²) in [4.78, 5) is 30.1. The molecule has 0 bridgehead atoms. The number of carbonyl (C=O) groups excluding carboxylic acids is 2. The minimum Gasteiger partial charge on any atom is -0.456 e. The Morgan fingerprint density at radius 2 is 1.91 bits per heavy atom. The number of thiazole rings is 1. The summed E-state index contributed by atoms with van der Waals surface area (Å²) < 4.78 is 33.7. The quantitative estimate of drug-likeness (QED) is 0.475. The van der Waals surface area contributed by atoms with Gasteiger partial charge >= 0.3 is 5.97 Å². The van der Waals surface area contributed by atoms with Crippen LogP contribution in [0.2, 0.25) is 0 Å². The zero-order valence-corrected chi connectivity index (χ0v) is 20.4. The van der Waals surface area contributed by atoms with Crippen molar-refractivity contribution < 1.29 is 22.7 Å². The van der Waals surface area contributed by atoms with Crippen LogP contribution in [0, 0.1) is 13.8 Å². The first-order valence-corrected chi connectivity index (χ1v) is 12.6. The van der Waals surface area contributed by atoms with Crippen molar-refractivity contribution in [2.45, 2.75) is 39.2 Å². The van der Waals surface area contributed by atoms with Crippen molar-refractivity contribution in [3.63, 3.8) is 0 Å². The van der Waals surface area contributed by atoms with Gasteiger partial charge in [-0.2, -0.15) is 0 Å². The maximum atomic E-state index is 12.9. The number of hydrogen-bond acceptors (Lipinski definition) is 7. The zero-order valence-electron chi connectivity index (χ0n) is 18.8. The van der Waals surface area contributed by atoms with Crippen molar-refractivity contribution in [1.82, 2.24) is 4.98 Å². The smallest absolute Gasteiger partial charge is 0.338 e. The lowest BCUT2D eigenvalue weighted by Gasteiger charge is -2.14. The van der Waals surface area contributed by atoms with Crippen LogP contribution in [-0.4, -0.2) is 31.8 Å². The van der Waals surface area contributed by atoms with Gasteiger partial charge in [0.2, 0.25) is 5.91 Å². The average molecular weight is 488 g/mol. The fraction of sp³-hybridized carbons (Fsp3) is 0.261. The van der Waals surface area contributed by atoms with Crippen molar-refractivity contribution in [3.05, 3.63) is 70.2 Å². The minimum absolute atomic E-state index is 0.00514. The highest BCUT2D eigenvalue weighted by Gasteiger charge is 2.21. The van der Waals surface area contributed by atoms with Gasteiger partial charge in [-0.25, -0.2) is 18.2 Å². The summed E-state index contributed by atoms with van der Waals surface area (Å²) >= 11 is 1.28. The van der Waals surface area contributed by atoms with Gasteiger partial charge in [0.25, 0.3) is 10.0 Å². The van der Waals surface area contributed by atoms with Gasteiger partial charge in [-0.05, 0) is 56.2 Å². The molecule has 1 aromatic heterocycles. The topological polar surface area (TPSA) is 106 Å². The Morgan fingerprint density at radius 3 is 2.58 bits per heavy atom. The van der Waals surface area contributed by atoms with E-state index in [2.05, 4.69) is 9.71 Å². The molecule has 0 aliphatic heterocycles. The third kappa shape index (κ3) is 5.96. The Balaban J connectivity index is 1.74. The van der Waals surface area contributed by atoms with Crippen molar-refractivity contribution in [2.24, 2.45) is 0 Å². The fourth-order valence-electron chi connectivity index (χ4n) is 3.14. The number of nitrogens with zero attached hydrogens (tertiary/aromatic N) is 2. The highest BCUT2D eigenvalue weighted by atomic mass is 32.2. The number of carbonyl (C=O) groups is 2. The van der Waals surface area contributed by atoms with Crippen LogP contribution in [0.1, 0.15) is 41.0 Å². The summed E-state index contributed by atoms with van der Waals surface area (Å²) in [6, 6.07) is 11.4. The lowest BCUT2D eigenvalue weighted by Crippen LogP contribution is -2.27. The molecule has 1 N–H and O–H groups in total. The van der Waals surface area contributed by atoms with Crippen molar-refractivity contribution in [2.75, 3.05) is 16.2 Å². The molecular formula is C23H25N3O5S2. The Kier molecular flexibility index (Phi) is 7.50. The Morgan fingerprint density at radius 1 is 1.15 bits per heavy atom. The lowest BCUT2D eigenvalue weighted by molar-refractivity contribution is -0.116. The first-order valence-electron chi connectivity index (χ1n) is 10.2. The average Bonchev–Trinajstić information content (AvgIpc) is 3.20.